The van der Waals surface area contributed by atoms with E-state index in [1.807, 2.05) is 36.4 Å². The molecule has 0 aromatic heterocycles. The van der Waals surface area contributed by atoms with E-state index in [9.17, 15) is 9.59 Å². The maximum atomic E-state index is 13.4. The number of carbonyl (C=O) groups is 2. The van der Waals surface area contributed by atoms with Crippen LogP contribution in [0.15, 0.2) is 54.6 Å². The number of thiocarbonyl (C=S) groups is 1. The Balaban J connectivity index is 1.53. The van der Waals surface area contributed by atoms with Crippen molar-refractivity contribution in [2.45, 2.75) is 12.5 Å². The first-order valence-corrected chi connectivity index (χ1v) is 11.4. The summed E-state index contributed by atoms with van der Waals surface area (Å²) in [6, 6.07) is 15.6. The second-order valence-corrected chi connectivity index (χ2v) is 8.45. The summed E-state index contributed by atoms with van der Waals surface area (Å²) in [6.45, 7) is 4.17. The average molecular weight is 473 g/mol. The van der Waals surface area contributed by atoms with Gasteiger partial charge in [-0.25, -0.2) is 0 Å². The first-order valence-electron chi connectivity index (χ1n) is 10.6. The SMILES string of the molecule is O=C(CC1C(=O)N(CCN2CCOCC2)C(=S)N1c1ccccc1Cl)Nc1ccccc1. The summed E-state index contributed by atoms with van der Waals surface area (Å²) in [5, 5.41) is 3.70. The Morgan fingerprint density at radius 3 is 2.47 bits per heavy atom. The van der Waals surface area contributed by atoms with Crippen LogP contribution in [0.4, 0.5) is 11.4 Å². The zero-order valence-corrected chi connectivity index (χ0v) is 19.1. The molecule has 2 aromatic carbocycles. The predicted molar refractivity (Wildman–Crippen MR) is 129 cm³/mol. The lowest BCUT2D eigenvalue weighted by atomic mass is 10.1. The number of nitrogens with zero attached hydrogens (tertiary/aromatic N) is 3. The fourth-order valence-electron chi connectivity index (χ4n) is 3.93. The maximum Gasteiger partial charge on any atom is 0.252 e. The number of hydrogen-bond acceptors (Lipinski definition) is 5. The van der Waals surface area contributed by atoms with Crippen LogP contribution in [0, 0.1) is 0 Å². The van der Waals surface area contributed by atoms with Gasteiger partial charge < -0.3 is 15.0 Å². The molecule has 2 amide bonds. The van der Waals surface area contributed by atoms with Crippen molar-refractivity contribution in [3.63, 3.8) is 0 Å². The van der Waals surface area contributed by atoms with Crippen molar-refractivity contribution in [1.82, 2.24) is 9.80 Å². The number of anilines is 2. The van der Waals surface area contributed by atoms with Gasteiger partial charge in [-0.15, -0.1) is 0 Å². The Kier molecular flexibility index (Phi) is 7.36. The van der Waals surface area contributed by atoms with Gasteiger partial charge in [-0.1, -0.05) is 41.9 Å². The largest absolute Gasteiger partial charge is 0.379 e. The Morgan fingerprint density at radius 2 is 1.75 bits per heavy atom. The van der Waals surface area contributed by atoms with Crippen molar-refractivity contribution in [3.8, 4) is 0 Å². The number of hydrogen-bond donors (Lipinski definition) is 1. The van der Waals surface area contributed by atoms with Gasteiger partial charge in [-0.05, 0) is 36.5 Å². The van der Waals surface area contributed by atoms with Crippen molar-refractivity contribution < 1.29 is 14.3 Å². The second kappa shape index (κ2) is 10.4. The van der Waals surface area contributed by atoms with Crippen LogP contribution in [0.3, 0.4) is 0 Å². The molecular weight excluding hydrogens is 448 g/mol. The molecule has 168 valence electrons. The van der Waals surface area contributed by atoms with Gasteiger partial charge in [-0.2, -0.15) is 0 Å². The first kappa shape index (κ1) is 22.7. The highest BCUT2D eigenvalue weighted by Crippen LogP contribution is 2.33. The molecule has 0 bridgehead atoms. The van der Waals surface area contributed by atoms with Crippen molar-refractivity contribution >= 4 is 52.1 Å². The number of benzene rings is 2. The molecular formula is C23H25ClN4O3S. The molecule has 9 heteroatoms. The number of rotatable bonds is 7. The maximum absolute atomic E-state index is 13.4. The van der Waals surface area contributed by atoms with Crippen LogP contribution >= 0.6 is 23.8 Å². The number of halogens is 1. The van der Waals surface area contributed by atoms with E-state index in [0.29, 0.717) is 47.8 Å². The van der Waals surface area contributed by atoms with Gasteiger partial charge in [-0.3, -0.25) is 19.4 Å². The van der Waals surface area contributed by atoms with Crippen molar-refractivity contribution in [2.24, 2.45) is 0 Å². The molecule has 1 atom stereocenters. The van der Waals surface area contributed by atoms with Crippen LogP contribution in [0.1, 0.15) is 6.42 Å². The molecule has 2 fully saturated rings. The zero-order valence-electron chi connectivity index (χ0n) is 17.6. The van der Waals surface area contributed by atoms with Gasteiger partial charge in [0.1, 0.15) is 6.04 Å². The van der Waals surface area contributed by atoms with E-state index in [0.717, 1.165) is 13.1 Å². The number of morpholine rings is 1. The Morgan fingerprint density at radius 1 is 1.06 bits per heavy atom. The minimum atomic E-state index is -0.754. The average Bonchev–Trinajstić information content (AvgIpc) is 3.03. The number of para-hydroxylation sites is 2. The second-order valence-electron chi connectivity index (χ2n) is 7.68. The summed E-state index contributed by atoms with van der Waals surface area (Å²) in [5.74, 6) is -0.448. The van der Waals surface area contributed by atoms with Crippen LogP contribution in [-0.2, 0) is 14.3 Å². The number of amides is 2. The van der Waals surface area contributed by atoms with Gasteiger partial charge in [0, 0.05) is 31.9 Å². The third-order valence-corrected chi connectivity index (χ3v) is 6.33. The number of ether oxygens (including phenoxy) is 1. The monoisotopic (exact) mass is 472 g/mol. The van der Waals surface area contributed by atoms with Gasteiger partial charge in [0.25, 0.3) is 5.91 Å². The minimum Gasteiger partial charge on any atom is -0.379 e. The van der Waals surface area contributed by atoms with Gasteiger partial charge in [0.05, 0.1) is 30.3 Å². The topological polar surface area (TPSA) is 65.1 Å². The molecule has 0 radical (unpaired) electrons. The van der Waals surface area contributed by atoms with E-state index in [-0.39, 0.29) is 18.2 Å². The quantitative estimate of drug-likeness (QED) is 0.625. The summed E-state index contributed by atoms with van der Waals surface area (Å²) in [4.78, 5) is 31.7. The molecule has 0 aliphatic carbocycles. The summed E-state index contributed by atoms with van der Waals surface area (Å²) in [7, 11) is 0. The van der Waals surface area contributed by atoms with E-state index in [2.05, 4.69) is 10.2 Å². The van der Waals surface area contributed by atoms with E-state index in [1.54, 1.807) is 28.0 Å². The van der Waals surface area contributed by atoms with Crippen molar-refractivity contribution in [3.05, 3.63) is 59.6 Å². The predicted octanol–water partition coefficient (Wildman–Crippen LogP) is 3.00. The molecule has 2 saturated heterocycles. The normalized spacial score (nSPS) is 19.5. The minimum absolute atomic E-state index is 0.0346. The lowest BCUT2D eigenvalue weighted by molar-refractivity contribution is -0.129. The fraction of sp³-hybridized carbons (Fsp3) is 0.348. The van der Waals surface area contributed by atoms with E-state index in [1.165, 1.54) is 0 Å². The molecule has 2 aromatic rings. The highest BCUT2D eigenvalue weighted by Gasteiger charge is 2.44. The number of nitrogens with one attached hydrogen (secondary N) is 1. The van der Waals surface area contributed by atoms with Crippen LogP contribution in [0.25, 0.3) is 0 Å². The molecule has 1 unspecified atom stereocenters. The van der Waals surface area contributed by atoms with Crippen molar-refractivity contribution in [1.29, 1.82) is 0 Å². The molecule has 32 heavy (non-hydrogen) atoms. The third kappa shape index (κ3) is 5.10. The molecule has 2 heterocycles. The third-order valence-electron chi connectivity index (χ3n) is 5.59. The summed E-state index contributed by atoms with van der Waals surface area (Å²) in [6.07, 6.45) is -0.0346. The molecule has 7 nitrogen and oxygen atoms in total. The standard InChI is InChI=1S/C23H25ClN4O3S/c24-18-8-4-5-9-19(18)28-20(16-21(29)25-17-6-2-1-3-7-17)22(30)27(23(28)32)11-10-26-12-14-31-15-13-26/h1-9,20H,10-16H2,(H,25,29). The van der Waals surface area contributed by atoms with Crippen LogP contribution in [0.5, 0.6) is 0 Å². The Labute approximate surface area is 197 Å². The van der Waals surface area contributed by atoms with Gasteiger partial charge in [0.2, 0.25) is 5.91 Å². The summed E-state index contributed by atoms with van der Waals surface area (Å²) < 4.78 is 5.40. The molecule has 0 saturated carbocycles. The summed E-state index contributed by atoms with van der Waals surface area (Å²) in [5.41, 5.74) is 1.30. The van der Waals surface area contributed by atoms with Crippen LogP contribution in [-0.4, -0.2) is 72.2 Å². The first-order chi connectivity index (χ1) is 15.5. The van der Waals surface area contributed by atoms with Crippen LogP contribution < -0.4 is 10.2 Å². The Bertz CT molecular complexity index is 984. The molecule has 2 aliphatic rings. The van der Waals surface area contributed by atoms with Crippen molar-refractivity contribution in [2.75, 3.05) is 49.6 Å². The highest BCUT2D eigenvalue weighted by molar-refractivity contribution is 7.80. The molecule has 0 spiro atoms. The zero-order chi connectivity index (χ0) is 22.5. The lowest BCUT2D eigenvalue weighted by Crippen LogP contribution is -2.43. The fourth-order valence-corrected chi connectivity index (χ4v) is 4.56. The smallest absolute Gasteiger partial charge is 0.252 e. The highest BCUT2D eigenvalue weighted by atomic mass is 35.5. The van der Waals surface area contributed by atoms with Crippen LogP contribution in [0.2, 0.25) is 5.02 Å². The molecule has 2 aliphatic heterocycles. The summed E-state index contributed by atoms with van der Waals surface area (Å²) >= 11 is 12.1. The Hall–Kier alpha value is -2.52. The van der Waals surface area contributed by atoms with Gasteiger partial charge in [0.15, 0.2) is 5.11 Å². The van der Waals surface area contributed by atoms with E-state index >= 15 is 0 Å². The number of carbonyl (C=O) groups excluding carboxylic acids is 2. The molecule has 1 N–H and O–H groups in total. The molecule has 4 rings (SSSR count). The van der Waals surface area contributed by atoms with Gasteiger partial charge >= 0.3 is 0 Å². The van der Waals surface area contributed by atoms with E-state index in [4.69, 9.17) is 28.6 Å². The lowest BCUT2D eigenvalue weighted by Gasteiger charge is -2.28. The van der Waals surface area contributed by atoms with E-state index < -0.39 is 6.04 Å².